The standard InChI is InChI=1S/C10H16O/c1-4-8(3)11-10-6-9(5-2)7-10/h4,9-10H,1,3,5-7H2,2H3. The predicted molar refractivity (Wildman–Crippen MR) is 47.2 cm³/mol. The van der Waals surface area contributed by atoms with E-state index in [1.807, 2.05) is 0 Å². The van der Waals surface area contributed by atoms with E-state index >= 15 is 0 Å². The lowest BCUT2D eigenvalue weighted by Crippen LogP contribution is -2.30. The summed E-state index contributed by atoms with van der Waals surface area (Å²) in [5, 5.41) is 0. The zero-order valence-corrected chi connectivity index (χ0v) is 7.18. The van der Waals surface area contributed by atoms with Crippen LogP contribution in [-0.2, 0) is 4.74 Å². The van der Waals surface area contributed by atoms with E-state index in [2.05, 4.69) is 20.1 Å². The van der Waals surface area contributed by atoms with Crippen molar-refractivity contribution < 1.29 is 4.74 Å². The molecule has 1 fully saturated rings. The van der Waals surface area contributed by atoms with E-state index in [1.165, 1.54) is 19.3 Å². The maximum absolute atomic E-state index is 5.46. The van der Waals surface area contributed by atoms with E-state index in [0.29, 0.717) is 11.9 Å². The second-order valence-corrected chi connectivity index (χ2v) is 3.16. The van der Waals surface area contributed by atoms with Gasteiger partial charge < -0.3 is 4.74 Å². The van der Waals surface area contributed by atoms with Crippen molar-refractivity contribution in [3.63, 3.8) is 0 Å². The fourth-order valence-corrected chi connectivity index (χ4v) is 1.37. The molecule has 1 aliphatic rings. The normalized spacial score (nSPS) is 28.8. The Bertz CT molecular complexity index is 154. The molecule has 1 nitrogen and oxygen atoms in total. The minimum absolute atomic E-state index is 0.422. The summed E-state index contributed by atoms with van der Waals surface area (Å²) in [4.78, 5) is 0. The molecule has 0 amide bonds. The zero-order chi connectivity index (χ0) is 8.27. The van der Waals surface area contributed by atoms with Gasteiger partial charge in [-0.05, 0) is 24.8 Å². The molecule has 1 heteroatoms. The maximum Gasteiger partial charge on any atom is 0.111 e. The quantitative estimate of drug-likeness (QED) is 0.444. The Morgan fingerprint density at radius 3 is 2.73 bits per heavy atom. The molecular weight excluding hydrogens is 136 g/mol. The van der Waals surface area contributed by atoms with Crippen LogP contribution in [0.1, 0.15) is 26.2 Å². The van der Waals surface area contributed by atoms with Crippen LogP contribution in [0.2, 0.25) is 0 Å². The third-order valence-corrected chi connectivity index (χ3v) is 2.32. The summed E-state index contributed by atoms with van der Waals surface area (Å²) in [6.07, 6.45) is 5.76. The van der Waals surface area contributed by atoms with Crippen molar-refractivity contribution in [1.29, 1.82) is 0 Å². The van der Waals surface area contributed by atoms with Gasteiger partial charge in [-0.1, -0.05) is 26.5 Å². The first kappa shape index (κ1) is 8.38. The van der Waals surface area contributed by atoms with Gasteiger partial charge in [-0.3, -0.25) is 0 Å². The number of hydrogen-bond donors (Lipinski definition) is 0. The highest BCUT2D eigenvalue weighted by atomic mass is 16.5. The number of hydrogen-bond acceptors (Lipinski definition) is 1. The molecule has 0 heterocycles. The Morgan fingerprint density at radius 1 is 1.64 bits per heavy atom. The molecule has 0 aromatic carbocycles. The Morgan fingerprint density at radius 2 is 2.27 bits per heavy atom. The topological polar surface area (TPSA) is 9.23 Å². The van der Waals surface area contributed by atoms with Gasteiger partial charge in [-0.25, -0.2) is 0 Å². The SMILES string of the molecule is C=CC(=C)OC1CC(CC)C1. The van der Waals surface area contributed by atoms with Crippen molar-refractivity contribution in [2.75, 3.05) is 0 Å². The molecule has 0 unspecified atom stereocenters. The monoisotopic (exact) mass is 152 g/mol. The second kappa shape index (κ2) is 3.61. The summed E-state index contributed by atoms with van der Waals surface area (Å²) in [5.41, 5.74) is 0. The minimum atomic E-state index is 0.422. The summed E-state index contributed by atoms with van der Waals surface area (Å²) in [5.74, 6) is 1.60. The lowest BCUT2D eigenvalue weighted by atomic mass is 9.80. The molecule has 1 saturated carbocycles. The molecule has 0 aromatic rings. The first-order valence-corrected chi connectivity index (χ1v) is 4.24. The Hall–Kier alpha value is -0.720. The molecule has 0 bridgehead atoms. The van der Waals surface area contributed by atoms with Crippen LogP contribution >= 0.6 is 0 Å². The largest absolute Gasteiger partial charge is 0.491 e. The van der Waals surface area contributed by atoms with Crippen molar-refractivity contribution in [3.8, 4) is 0 Å². The first-order chi connectivity index (χ1) is 5.26. The third-order valence-electron chi connectivity index (χ3n) is 2.32. The summed E-state index contributed by atoms with van der Waals surface area (Å²) in [7, 11) is 0. The molecule has 0 radical (unpaired) electrons. The molecule has 62 valence electrons. The van der Waals surface area contributed by atoms with Crippen LogP contribution in [0.15, 0.2) is 25.0 Å². The van der Waals surface area contributed by atoms with Gasteiger partial charge in [0.15, 0.2) is 0 Å². The van der Waals surface area contributed by atoms with Gasteiger partial charge in [0.1, 0.15) is 5.76 Å². The summed E-state index contributed by atoms with van der Waals surface area (Å²) in [6.45, 7) is 9.52. The number of ether oxygens (including phenoxy) is 1. The summed E-state index contributed by atoms with van der Waals surface area (Å²) >= 11 is 0. The van der Waals surface area contributed by atoms with Crippen molar-refractivity contribution in [1.82, 2.24) is 0 Å². The van der Waals surface area contributed by atoms with Gasteiger partial charge in [0.2, 0.25) is 0 Å². The van der Waals surface area contributed by atoms with Gasteiger partial charge in [0, 0.05) is 0 Å². The van der Waals surface area contributed by atoms with E-state index < -0.39 is 0 Å². The van der Waals surface area contributed by atoms with Gasteiger partial charge in [-0.15, -0.1) is 0 Å². The highest BCUT2D eigenvalue weighted by Crippen LogP contribution is 2.33. The average Bonchev–Trinajstić information content (AvgIpc) is 1.95. The minimum Gasteiger partial charge on any atom is -0.491 e. The predicted octanol–water partition coefficient (Wildman–Crippen LogP) is 2.89. The molecule has 0 aliphatic heterocycles. The van der Waals surface area contributed by atoms with E-state index in [9.17, 15) is 0 Å². The molecule has 0 N–H and O–H groups in total. The fourth-order valence-electron chi connectivity index (χ4n) is 1.37. The molecule has 0 spiro atoms. The van der Waals surface area contributed by atoms with Crippen LogP contribution in [0, 0.1) is 5.92 Å². The number of allylic oxidation sites excluding steroid dienone is 1. The highest BCUT2D eigenvalue weighted by molar-refractivity contribution is 5.03. The van der Waals surface area contributed by atoms with Crippen molar-refractivity contribution in [2.45, 2.75) is 32.3 Å². The van der Waals surface area contributed by atoms with Crippen molar-refractivity contribution in [2.24, 2.45) is 5.92 Å². The van der Waals surface area contributed by atoms with Gasteiger partial charge in [0.05, 0.1) is 6.10 Å². The van der Waals surface area contributed by atoms with Gasteiger partial charge in [-0.2, -0.15) is 0 Å². The molecular formula is C10H16O. The molecule has 1 aliphatic carbocycles. The van der Waals surface area contributed by atoms with E-state index in [4.69, 9.17) is 4.74 Å². The highest BCUT2D eigenvalue weighted by Gasteiger charge is 2.28. The lowest BCUT2D eigenvalue weighted by molar-refractivity contribution is 0.0155. The Kier molecular flexibility index (Phi) is 2.75. The lowest BCUT2D eigenvalue weighted by Gasteiger charge is -2.34. The van der Waals surface area contributed by atoms with Crippen LogP contribution in [0.25, 0.3) is 0 Å². The molecule has 11 heavy (non-hydrogen) atoms. The van der Waals surface area contributed by atoms with Crippen LogP contribution in [0.3, 0.4) is 0 Å². The summed E-state index contributed by atoms with van der Waals surface area (Å²) < 4.78 is 5.46. The van der Waals surface area contributed by atoms with E-state index in [1.54, 1.807) is 6.08 Å². The summed E-state index contributed by atoms with van der Waals surface area (Å²) in [6, 6.07) is 0. The molecule has 1 rings (SSSR count). The molecule has 0 aromatic heterocycles. The van der Waals surface area contributed by atoms with Gasteiger partial charge in [0.25, 0.3) is 0 Å². The van der Waals surface area contributed by atoms with Gasteiger partial charge >= 0.3 is 0 Å². The molecule has 0 atom stereocenters. The number of rotatable bonds is 4. The Labute approximate surface area is 68.8 Å². The average molecular weight is 152 g/mol. The smallest absolute Gasteiger partial charge is 0.111 e. The fraction of sp³-hybridized carbons (Fsp3) is 0.600. The van der Waals surface area contributed by atoms with Crippen molar-refractivity contribution in [3.05, 3.63) is 25.0 Å². The van der Waals surface area contributed by atoms with E-state index in [-0.39, 0.29) is 0 Å². The maximum atomic E-state index is 5.46. The van der Waals surface area contributed by atoms with E-state index in [0.717, 1.165) is 5.92 Å². The first-order valence-electron chi connectivity index (χ1n) is 4.24. The molecule has 0 saturated heterocycles. The second-order valence-electron chi connectivity index (χ2n) is 3.16. The zero-order valence-electron chi connectivity index (χ0n) is 7.18. The van der Waals surface area contributed by atoms with Crippen molar-refractivity contribution >= 4 is 0 Å². The van der Waals surface area contributed by atoms with Crippen LogP contribution in [0.5, 0.6) is 0 Å². The van der Waals surface area contributed by atoms with Crippen LogP contribution < -0.4 is 0 Å². The van der Waals surface area contributed by atoms with Crippen LogP contribution in [0.4, 0.5) is 0 Å². The Balaban J connectivity index is 2.13. The van der Waals surface area contributed by atoms with Crippen LogP contribution in [-0.4, -0.2) is 6.10 Å². The third kappa shape index (κ3) is 2.11.